The Kier molecular flexibility index (Phi) is 11.0. The molecule has 174 valence electrons. The molecule has 8 heteroatoms. The molecule has 0 heterocycles. The van der Waals surface area contributed by atoms with Gasteiger partial charge in [0.2, 0.25) is 0 Å². The van der Waals surface area contributed by atoms with Crippen LogP contribution in [0.5, 0.6) is 0 Å². The van der Waals surface area contributed by atoms with Crippen LogP contribution in [0.25, 0.3) is 0 Å². The van der Waals surface area contributed by atoms with E-state index >= 15 is 0 Å². The Bertz CT molecular complexity index is 587. The monoisotopic (exact) mass is 548 g/mol. The summed E-state index contributed by atoms with van der Waals surface area (Å²) >= 11 is -3.30. The van der Waals surface area contributed by atoms with Gasteiger partial charge in [0.15, 0.2) is 0 Å². The second-order valence-corrected chi connectivity index (χ2v) is 21.7. The van der Waals surface area contributed by atoms with Crippen LogP contribution in [0.4, 0.5) is 26.3 Å². The summed E-state index contributed by atoms with van der Waals surface area (Å²) in [6.45, 7) is 6.18. The molecule has 0 aliphatic rings. The Balaban J connectivity index is 3.64. The number of ether oxygens (including phenoxy) is 1. The maximum atomic E-state index is 13.4. The molecule has 0 fully saturated rings. The molecule has 0 amide bonds. The number of unbranched alkanes of at least 4 members (excludes halogenated alkanes) is 3. The molecule has 0 saturated carbocycles. The zero-order valence-corrected chi connectivity index (χ0v) is 21.2. The number of halogens is 6. The summed E-state index contributed by atoms with van der Waals surface area (Å²) in [4.78, 5) is 0. The van der Waals surface area contributed by atoms with E-state index in [1.807, 2.05) is 0 Å². The first-order valence-corrected chi connectivity index (χ1v) is 18.5. The third-order valence-electron chi connectivity index (χ3n) is 5.79. The van der Waals surface area contributed by atoms with Crippen LogP contribution in [-0.2, 0) is 17.1 Å². The molecule has 0 spiro atoms. The number of methoxy groups -OCH3 is 1. The number of alkyl halides is 6. The van der Waals surface area contributed by atoms with E-state index in [9.17, 15) is 26.3 Å². The summed E-state index contributed by atoms with van der Waals surface area (Å²) in [5.41, 5.74) is -2.45. The molecule has 0 radical (unpaired) electrons. The molecule has 1 nitrogen and oxygen atoms in total. The minimum atomic E-state index is -4.84. The van der Waals surface area contributed by atoms with E-state index < -0.39 is 46.0 Å². The van der Waals surface area contributed by atoms with Gasteiger partial charge >= 0.3 is 181 Å². The molecule has 1 aromatic rings. The summed E-state index contributed by atoms with van der Waals surface area (Å²) in [7, 11) is 1.44. The molecule has 30 heavy (non-hydrogen) atoms. The predicted molar refractivity (Wildman–Crippen MR) is 111 cm³/mol. The normalized spacial score (nSPS) is 14.2. The standard InChI is InChI=1S/C10H7F6O.3C4H9.Sn/c1-17-5-6-2-7(9(11,12)13)4-8(3-6)10(14,15)16;3*1-3-4-2;/h2-5H,1H3;3*1,3-4H2,2H3;. The van der Waals surface area contributed by atoms with Crippen molar-refractivity contribution in [1.29, 1.82) is 0 Å². The first kappa shape index (κ1) is 27.6. The van der Waals surface area contributed by atoms with Crippen LogP contribution >= 0.6 is 0 Å². The Morgan fingerprint density at radius 1 is 0.733 bits per heavy atom. The van der Waals surface area contributed by atoms with Gasteiger partial charge in [0.1, 0.15) is 0 Å². The summed E-state index contributed by atoms with van der Waals surface area (Å²) < 4.78 is 88.4. The van der Waals surface area contributed by atoms with Gasteiger partial charge in [-0.3, -0.25) is 0 Å². The molecule has 1 atom stereocenters. The molecular formula is C22H34F6OSn. The SMILES string of the molecule is CCC[CH2][Sn]([CH2]CCC)([CH2]CCC)[CH](OC)c1cc(C(F)(F)F)cc(C(F)(F)F)c1. The van der Waals surface area contributed by atoms with Gasteiger partial charge in [0, 0.05) is 0 Å². The molecule has 0 aromatic heterocycles. The minimum absolute atomic E-state index is 0.0544. The van der Waals surface area contributed by atoms with E-state index in [-0.39, 0.29) is 11.6 Å². The van der Waals surface area contributed by atoms with Gasteiger partial charge in [-0.25, -0.2) is 0 Å². The van der Waals surface area contributed by atoms with E-state index in [1.165, 1.54) is 7.11 Å². The molecule has 1 rings (SSSR count). The fraction of sp³-hybridized carbons (Fsp3) is 0.727. The molecule has 0 aliphatic heterocycles. The van der Waals surface area contributed by atoms with Crippen molar-refractivity contribution in [2.75, 3.05) is 7.11 Å². The Labute approximate surface area is 180 Å². The molecule has 0 aliphatic carbocycles. The number of benzene rings is 1. The Morgan fingerprint density at radius 2 is 1.10 bits per heavy atom. The van der Waals surface area contributed by atoms with Crippen molar-refractivity contribution in [2.45, 2.75) is 89.1 Å². The van der Waals surface area contributed by atoms with Crippen molar-refractivity contribution in [3.8, 4) is 0 Å². The van der Waals surface area contributed by atoms with E-state index in [0.717, 1.165) is 64.0 Å². The Morgan fingerprint density at radius 3 is 1.37 bits per heavy atom. The van der Waals surface area contributed by atoms with E-state index in [4.69, 9.17) is 4.74 Å². The summed E-state index contributed by atoms with van der Waals surface area (Å²) in [6.07, 6.45) is -4.03. The number of hydrogen-bond donors (Lipinski definition) is 0. The van der Waals surface area contributed by atoms with Gasteiger partial charge in [-0.15, -0.1) is 0 Å². The second kappa shape index (κ2) is 12.0. The van der Waals surface area contributed by atoms with Gasteiger partial charge in [0.05, 0.1) is 0 Å². The zero-order chi connectivity index (χ0) is 23.0. The molecule has 0 saturated heterocycles. The van der Waals surface area contributed by atoms with Crippen LogP contribution in [0.2, 0.25) is 13.3 Å². The summed E-state index contributed by atoms with van der Waals surface area (Å²) in [5, 5.41) is 0. The third kappa shape index (κ3) is 7.60. The van der Waals surface area contributed by atoms with E-state index in [0.29, 0.717) is 0 Å². The van der Waals surface area contributed by atoms with E-state index in [2.05, 4.69) is 20.8 Å². The predicted octanol–water partition coefficient (Wildman–Crippen LogP) is 8.80. The van der Waals surface area contributed by atoms with Crippen molar-refractivity contribution in [3.63, 3.8) is 0 Å². The third-order valence-corrected chi connectivity index (χ3v) is 22.1. The second-order valence-electron chi connectivity index (χ2n) is 8.13. The van der Waals surface area contributed by atoms with Gasteiger partial charge in [0.25, 0.3) is 0 Å². The molecule has 1 unspecified atom stereocenters. The van der Waals surface area contributed by atoms with Gasteiger partial charge in [-0.2, -0.15) is 0 Å². The molecule has 0 N–H and O–H groups in total. The van der Waals surface area contributed by atoms with Crippen LogP contribution in [0.15, 0.2) is 18.2 Å². The van der Waals surface area contributed by atoms with Crippen molar-refractivity contribution in [1.82, 2.24) is 0 Å². The van der Waals surface area contributed by atoms with Crippen LogP contribution in [0, 0.1) is 0 Å². The van der Waals surface area contributed by atoms with E-state index in [1.54, 1.807) is 0 Å². The topological polar surface area (TPSA) is 9.23 Å². The van der Waals surface area contributed by atoms with Crippen molar-refractivity contribution >= 4 is 18.4 Å². The van der Waals surface area contributed by atoms with Crippen molar-refractivity contribution in [2.24, 2.45) is 0 Å². The first-order valence-electron chi connectivity index (χ1n) is 10.8. The quantitative estimate of drug-likeness (QED) is 0.188. The summed E-state index contributed by atoms with van der Waals surface area (Å²) in [6, 6.07) is 1.98. The fourth-order valence-corrected chi connectivity index (χ4v) is 21.6. The van der Waals surface area contributed by atoms with Gasteiger partial charge in [-0.05, 0) is 0 Å². The fourth-order valence-electron chi connectivity index (χ4n) is 4.22. The van der Waals surface area contributed by atoms with Crippen LogP contribution in [0.1, 0.15) is 80.1 Å². The maximum absolute atomic E-state index is 13.4. The number of rotatable bonds is 12. The summed E-state index contributed by atoms with van der Waals surface area (Å²) in [5.74, 6) is 0. The molecule has 1 aromatic carbocycles. The van der Waals surface area contributed by atoms with Crippen molar-refractivity contribution in [3.05, 3.63) is 34.9 Å². The van der Waals surface area contributed by atoms with Crippen molar-refractivity contribution < 1.29 is 31.1 Å². The average Bonchev–Trinajstić information content (AvgIpc) is 2.67. The molecular weight excluding hydrogens is 513 g/mol. The molecule has 0 bridgehead atoms. The zero-order valence-electron chi connectivity index (χ0n) is 18.3. The van der Waals surface area contributed by atoms with Crippen LogP contribution in [0.3, 0.4) is 0 Å². The van der Waals surface area contributed by atoms with Gasteiger partial charge < -0.3 is 0 Å². The van der Waals surface area contributed by atoms with Crippen LogP contribution in [-0.4, -0.2) is 25.5 Å². The number of hydrogen-bond acceptors (Lipinski definition) is 1. The first-order chi connectivity index (χ1) is 13.9. The average molecular weight is 547 g/mol. The van der Waals surface area contributed by atoms with Crippen LogP contribution < -0.4 is 0 Å². The van der Waals surface area contributed by atoms with Gasteiger partial charge in [-0.1, -0.05) is 0 Å². The Hall–Kier alpha value is -0.441.